The molecule has 0 aliphatic carbocycles. The van der Waals surface area contributed by atoms with E-state index in [9.17, 15) is 10.5 Å². The first kappa shape index (κ1) is 79.0. The van der Waals surface area contributed by atoms with Crippen molar-refractivity contribution < 1.29 is 13.3 Å². The van der Waals surface area contributed by atoms with Gasteiger partial charge in [-0.25, -0.2) is 34.9 Å². The van der Waals surface area contributed by atoms with E-state index in [1.54, 1.807) is 12.4 Å². The van der Waals surface area contributed by atoms with Crippen molar-refractivity contribution in [2.45, 2.75) is 0 Å². The molecule has 0 saturated heterocycles. The van der Waals surface area contributed by atoms with E-state index in [0.717, 1.165) is 199 Å². The lowest BCUT2D eigenvalue weighted by Crippen LogP contribution is -2.00. The lowest BCUT2D eigenvalue weighted by molar-refractivity contribution is 0.672. The summed E-state index contributed by atoms with van der Waals surface area (Å²) in [5, 5.41) is 31.8. The van der Waals surface area contributed by atoms with Crippen molar-refractivity contribution in [3.8, 4) is 159 Å². The molecule has 0 N–H and O–H groups in total. The monoisotopic (exact) mass is 1700 g/mol. The Balaban J connectivity index is 0.000000113. The Kier molecular flexibility index (Phi) is 20.3. The molecule has 0 spiro atoms. The van der Waals surface area contributed by atoms with Gasteiger partial charge in [-0.1, -0.05) is 303 Å². The maximum absolute atomic E-state index is 9.87. The predicted molar refractivity (Wildman–Crippen MR) is 532 cm³/mol. The summed E-state index contributed by atoms with van der Waals surface area (Å²) < 4.78 is 19.2. The first-order chi connectivity index (χ1) is 65.8. The number of furan rings is 3. The van der Waals surface area contributed by atoms with Crippen LogP contribution in [0, 0.1) is 22.7 Å². The number of hydrogen-bond acceptors (Lipinski definition) is 15. The van der Waals surface area contributed by atoms with Crippen LogP contribution in [-0.4, -0.2) is 49.8 Å². The van der Waals surface area contributed by atoms with Crippen LogP contribution in [0.4, 0.5) is 0 Å². The smallest absolute Gasteiger partial charge is 0.164 e. The Morgan fingerprint density at radius 2 is 0.481 bits per heavy atom. The molecule has 25 rings (SSSR count). The van der Waals surface area contributed by atoms with Crippen LogP contribution < -0.4 is 0 Å². The fourth-order valence-electron chi connectivity index (χ4n) is 17.9. The molecule has 9 aromatic heterocycles. The summed E-state index contributed by atoms with van der Waals surface area (Å²) in [6.45, 7) is 0. The largest absolute Gasteiger partial charge is 0.455 e. The normalized spacial score (nSPS) is 11.3. The molecule has 0 aliphatic heterocycles. The molecule has 25 aromatic rings. The fraction of sp³-hybridized carbons (Fsp3) is 0. The maximum Gasteiger partial charge on any atom is 0.164 e. The van der Waals surface area contributed by atoms with Gasteiger partial charge < -0.3 is 13.3 Å². The van der Waals surface area contributed by atoms with Crippen LogP contribution in [0.1, 0.15) is 11.1 Å². The summed E-state index contributed by atoms with van der Waals surface area (Å²) in [5.41, 5.74) is 25.2. The third-order valence-corrected chi connectivity index (χ3v) is 24.2. The van der Waals surface area contributed by atoms with Gasteiger partial charge in [-0.15, -0.1) is 0 Å². The van der Waals surface area contributed by atoms with Crippen molar-refractivity contribution in [1.82, 2.24) is 49.8 Å². The Morgan fingerprint density at radius 3 is 0.872 bits per heavy atom. The molecular formula is C118H70N12O3. The lowest BCUT2D eigenvalue weighted by atomic mass is 9.93. The van der Waals surface area contributed by atoms with Gasteiger partial charge in [0.2, 0.25) is 0 Å². The van der Waals surface area contributed by atoms with E-state index in [0.29, 0.717) is 57.2 Å². The van der Waals surface area contributed by atoms with Gasteiger partial charge in [0.15, 0.2) is 34.9 Å². The number of nitriles is 2. The number of hydrogen-bond donors (Lipinski definition) is 0. The van der Waals surface area contributed by atoms with Crippen molar-refractivity contribution in [1.29, 1.82) is 10.5 Å². The molecule has 9 heterocycles. The molecule has 620 valence electrons. The van der Waals surface area contributed by atoms with Crippen LogP contribution in [0.2, 0.25) is 0 Å². The minimum absolute atomic E-state index is 0.596. The molecule has 0 bridgehead atoms. The van der Waals surface area contributed by atoms with E-state index >= 15 is 0 Å². The number of fused-ring (bicyclic) bond motifs is 15. The summed E-state index contributed by atoms with van der Waals surface area (Å²) in [4.78, 5) is 48.0. The fourth-order valence-corrected chi connectivity index (χ4v) is 17.9. The molecule has 0 aliphatic rings. The molecule has 133 heavy (non-hydrogen) atoms. The molecule has 0 saturated carbocycles. The highest BCUT2D eigenvalue weighted by Gasteiger charge is 2.25. The van der Waals surface area contributed by atoms with Crippen molar-refractivity contribution in [3.63, 3.8) is 0 Å². The van der Waals surface area contributed by atoms with Crippen LogP contribution in [0.5, 0.6) is 0 Å². The highest BCUT2D eigenvalue weighted by Crippen LogP contribution is 2.47. The Hall–Kier alpha value is -18.7. The van der Waals surface area contributed by atoms with Crippen molar-refractivity contribution in [2.75, 3.05) is 0 Å². The van der Waals surface area contributed by atoms with E-state index in [-0.39, 0.29) is 0 Å². The van der Waals surface area contributed by atoms with E-state index in [4.69, 9.17) is 48.1 Å². The summed E-state index contributed by atoms with van der Waals surface area (Å²) in [7, 11) is 0. The molecular weight excluding hydrogens is 1630 g/mol. The summed E-state index contributed by atoms with van der Waals surface area (Å²) >= 11 is 0. The van der Waals surface area contributed by atoms with Crippen molar-refractivity contribution in [3.05, 3.63) is 436 Å². The van der Waals surface area contributed by atoms with E-state index in [2.05, 4.69) is 173 Å². The van der Waals surface area contributed by atoms with Crippen LogP contribution >= 0.6 is 0 Å². The second kappa shape index (κ2) is 34.2. The first-order valence-electron chi connectivity index (χ1n) is 43.6. The van der Waals surface area contributed by atoms with E-state index < -0.39 is 0 Å². The van der Waals surface area contributed by atoms with Gasteiger partial charge in [-0.3, -0.25) is 15.0 Å². The predicted octanol–water partition coefficient (Wildman–Crippen LogP) is 29.6. The lowest BCUT2D eigenvalue weighted by Gasteiger charge is -2.12. The molecule has 0 radical (unpaired) electrons. The minimum Gasteiger partial charge on any atom is -0.455 e. The number of nitrogens with zero attached hydrogens (tertiary/aromatic N) is 12. The second-order valence-electron chi connectivity index (χ2n) is 32.2. The van der Waals surface area contributed by atoms with Gasteiger partial charge in [-0.2, -0.15) is 10.5 Å². The van der Waals surface area contributed by atoms with Gasteiger partial charge >= 0.3 is 0 Å². The third kappa shape index (κ3) is 15.0. The third-order valence-electron chi connectivity index (χ3n) is 24.2. The molecule has 0 atom stereocenters. The Morgan fingerprint density at radius 1 is 0.180 bits per heavy atom. The molecule has 16 aromatic carbocycles. The van der Waals surface area contributed by atoms with Crippen LogP contribution in [0.3, 0.4) is 0 Å². The quantitative estimate of drug-likeness (QED) is 0.105. The SMILES string of the molecule is N#Cc1cccc2oc3c4ccccc4c(-c4ccc(-c5nc(-c6ccccc6)nc(-c6ccccc6)n5)cc4)cc3c12.N#Cc1cccc2oc3c4ccccc4c(-c4cccc(-c5nc(-c6ccccc6)nc(-c6ccccc6)n5)c4)cc3c12.c1ccc(-c2cc(-c3ccc(-c4cc5c(oc6cccc(-c7ccccn7)c65)c5ccccc45)cc3)cc(-c3ccccn3)n2)nc1. The zero-order chi connectivity index (χ0) is 88.7. The van der Waals surface area contributed by atoms with Gasteiger partial charge in [0, 0.05) is 106 Å². The molecule has 0 amide bonds. The summed E-state index contributed by atoms with van der Waals surface area (Å²) in [5.74, 6) is 3.71. The van der Waals surface area contributed by atoms with Gasteiger partial charge in [0.05, 0.1) is 51.7 Å². The van der Waals surface area contributed by atoms with Crippen LogP contribution in [-0.2, 0) is 0 Å². The zero-order valence-electron chi connectivity index (χ0n) is 71.0. The first-order valence-corrected chi connectivity index (χ1v) is 43.6. The molecule has 0 unspecified atom stereocenters. The highest BCUT2D eigenvalue weighted by molar-refractivity contribution is 6.24. The zero-order valence-corrected chi connectivity index (χ0v) is 71.0. The highest BCUT2D eigenvalue weighted by atomic mass is 16.3. The topological polar surface area (TPSA) is 216 Å². The van der Waals surface area contributed by atoms with Crippen molar-refractivity contribution in [2.24, 2.45) is 0 Å². The second-order valence-corrected chi connectivity index (χ2v) is 32.2. The van der Waals surface area contributed by atoms with E-state index in [1.165, 1.54) is 0 Å². The summed E-state index contributed by atoms with van der Waals surface area (Å²) in [6.07, 6.45) is 5.42. The van der Waals surface area contributed by atoms with Crippen molar-refractivity contribution >= 4 is 98.1 Å². The summed E-state index contributed by atoms with van der Waals surface area (Å²) in [6, 6.07) is 141. The Labute approximate surface area is 762 Å². The van der Waals surface area contributed by atoms with Gasteiger partial charge in [0.1, 0.15) is 33.5 Å². The average molecular weight is 1700 g/mol. The molecule has 0 fully saturated rings. The average Bonchev–Trinajstić information content (AvgIpc) is 1.60. The standard InChI is InChI=1S/C42H26N4O.2C38H22N4O/c1-2-11-31-30(10-1)33(26-34-41-32(35-13-3-6-21-43-35)12-9-16-40(41)47-42(31)34)28-19-17-27(18-20-28)29-24-38(36-14-4-7-22-44-36)46-39(25-29)37-15-5-8-23-45-37;39-23-28-17-10-20-33-34(28)32-22-31(29-18-7-8-19-30(29)35(32)43-33)26-15-9-16-27(21-26)38-41-36(24-11-3-1-4-12-24)40-37(42-38)25-13-5-2-6-14-25;39-23-28-14-9-17-33-34(28)32-22-31(29-15-7-8-16-30(29)35(32)43-33)24-18-20-27(21-19-24)38-41-36(25-10-3-1-4-11-25)40-37(42-38)26-12-5-2-6-13-26/h1-26H;2*1-22H. The number of pyridine rings is 4. The van der Waals surface area contributed by atoms with Gasteiger partial charge in [0.25, 0.3) is 0 Å². The Bertz CT molecular complexity index is 8700. The molecule has 15 nitrogen and oxygen atoms in total. The van der Waals surface area contributed by atoms with Crippen LogP contribution in [0.15, 0.2) is 438 Å². The maximum atomic E-state index is 9.87. The van der Waals surface area contributed by atoms with Gasteiger partial charge in [-0.05, 0) is 164 Å². The minimum atomic E-state index is 0.596. The molecule has 15 heteroatoms. The number of rotatable bonds is 13. The van der Waals surface area contributed by atoms with E-state index in [1.807, 2.05) is 267 Å². The van der Waals surface area contributed by atoms with Crippen LogP contribution in [0.25, 0.3) is 245 Å². The number of benzene rings is 16. The number of aromatic nitrogens is 10.